The maximum atomic E-state index is 13.5. The average molecular weight is 281 g/mol. The van der Waals surface area contributed by atoms with E-state index in [2.05, 4.69) is 10.4 Å². The molecule has 0 amide bonds. The Bertz CT molecular complexity index is 735. The van der Waals surface area contributed by atoms with Crippen molar-refractivity contribution in [1.82, 2.24) is 9.78 Å². The predicted molar refractivity (Wildman–Crippen MR) is 82.0 cm³/mol. The molecule has 0 unspecified atom stereocenters. The molecule has 0 aliphatic carbocycles. The Hall–Kier alpha value is -2.62. The lowest BCUT2D eigenvalue weighted by atomic mass is 10.2. The van der Waals surface area contributed by atoms with Gasteiger partial charge in [0.15, 0.2) is 0 Å². The highest BCUT2D eigenvalue weighted by atomic mass is 19.1. The van der Waals surface area contributed by atoms with Gasteiger partial charge >= 0.3 is 0 Å². The third kappa shape index (κ3) is 2.94. The Morgan fingerprint density at radius 1 is 1.05 bits per heavy atom. The van der Waals surface area contributed by atoms with Crippen molar-refractivity contribution in [3.05, 3.63) is 77.9 Å². The van der Waals surface area contributed by atoms with Crippen LogP contribution in [0.15, 0.2) is 60.8 Å². The minimum Gasteiger partial charge on any atom is -0.379 e. The van der Waals surface area contributed by atoms with Crippen LogP contribution in [-0.4, -0.2) is 9.78 Å². The number of rotatable bonds is 4. The van der Waals surface area contributed by atoms with Crippen molar-refractivity contribution < 1.29 is 4.39 Å². The van der Waals surface area contributed by atoms with E-state index in [-0.39, 0.29) is 5.82 Å². The second kappa shape index (κ2) is 5.79. The van der Waals surface area contributed by atoms with Crippen LogP contribution in [0.2, 0.25) is 0 Å². The molecule has 1 aromatic heterocycles. The molecule has 2 aromatic carbocycles. The van der Waals surface area contributed by atoms with Crippen molar-refractivity contribution in [1.29, 1.82) is 0 Å². The SMILES string of the molecule is Cc1c(F)cccc1NCc1ccn(-c2ccccc2)n1. The van der Waals surface area contributed by atoms with Gasteiger partial charge in [-0.3, -0.25) is 0 Å². The summed E-state index contributed by atoms with van der Waals surface area (Å²) in [4.78, 5) is 0. The molecule has 0 aliphatic heterocycles. The van der Waals surface area contributed by atoms with E-state index in [0.717, 1.165) is 17.1 Å². The van der Waals surface area contributed by atoms with Crippen molar-refractivity contribution >= 4 is 5.69 Å². The van der Waals surface area contributed by atoms with Gasteiger partial charge in [-0.2, -0.15) is 5.10 Å². The molecule has 0 radical (unpaired) electrons. The number of anilines is 1. The fourth-order valence-corrected chi connectivity index (χ4v) is 2.17. The smallest absolute Gasteiger partial charge is 0.128 e. The third-order valence-electron chi connectivity index (χ3n) is 3.39. The molecule has 1 N–H and O–H groups in total. The molecule has 4 heteroatoms. The standard InChI is InChI=1S/C17H16FN3/c1-13-16(18)8-5-9-17(13)19-12-14-10-11-21(20-14)15-6-3-2-4-7-15/h2-11,19H,12H2,1H3. The van der Waals surface area contributed by atoms with Crippen molar-refractivity contribution in [3.8, 4) is 5.69 Å². The molecule has 0 atom stereocenters. The molecule has 3 nitrogen and oxygen atoms in total. The first kappa shape index (κ1) is 13.4. The lowest BCUT2D eigenvalue weighted by molar-refractivity contribution is 0.619. The molecule has 21 heavy (non-hydrogen) atoms. The molecule has 106 valence electrons. The Balaban J connectivity index is 1.72. The minimum absolute atomic E-state index is 0.199. The van der Waals surface area contributed by atoms with Gasteiger partial charge in [0, 0.05) is 17.4 Å². The number of aromatic nitrogens is 2. The zero-order valence-corrected chi connectivity index (χ0v) is 11.8. The highest BCUT2D eigenvalue weighted by Crippen LogP contribution is 2.18. The van der Waals surface area contributed by atoms with E-state index in [0.29, 0.717) is 12.1 Å². The van der Waals surface area contributed by atoms with Gasteiger partial charge in [-0.15, -0.1) is 0 Å². The summed E-state index contributed by atoms with van der Waals surface area (Å²) in [6, 6.07) is 16.9. The molecule has 3 aromatic rings. The number of hydrogen-bond donors (Lipinski definition) is 1. The van der Waals surface area contributed by atoms with Crippen LogP contribution in [0.5, 0.6) is 0 Å². The van der Waals surface area contributed by atoms with E-state index in [1.54, 1.807) is 13.0 Å². The van der Waals surface area contributed by atoms with Crippen LogP contribution in [0.25, 0.3) is 5.69 Å². The summed E-state index contributed by atoms with van der Waals surface area (Å²) in [7, 11) is 0. The van der Waals surface area contributed by atoms with Gasteiger partial charge in [0.1, 0.15) is 5.82 Å². The molecule has 1 heterocycles. The summed E-state index contributed by atoms with van der Waals surface area (Å²) < 4.78 is 15.3. The van der Waals surface area contributed by atoms with Gasteiger partial charge in [-0.05, 0) is 37.3 Å². The molecule has 0 saturated carbocycles. The average Bonchev–Trinajstić information content (AvgIpc) is 2.99. The number of nitrogens with zero attached hydrogens (tertiary/aromatic N) is 2. The Morgan fingerprint density at radius 3 is 2.67 bits per heavy atom. The first-order valence-electron chi connectivity index (χ1n) is 6.83. The van der Waals surface area contributed by atoms with Crippen molar-refractivity contribution in [3.63, 3.8) is 0 Å². The van der Waals surface area contributed by atoms with E-state index >= 15 is 0 Å². The van der Waals surface area contributed by atoms with Crippen LogP contribution in [0.3, 0.4) is 0 Å². The predicted octanol–water partition coefficient (Wildman–Crippen LogP) is 3.93. The molecule has 0 bridgehead atoms. The van der Waals surface area contributed by atoms with Gasteiger partial charge in [0.25, 0.3) is 0 Å². The summed E-state index contributed by atoms with van der Waals surface area (Å²) in [5.41, 5.74) is 3.34. The van der Waals surface area contributed by atoms with Crippen molar-refractivity contribution in [2.45, 2.75) is 13.5 Å². The quantitative estimate of drug-likeness (QED) is 0.785. The summed E-state index contributed by atoms with van der Waals surface area (Å²) in [5, 5.41) is 7.73. The summed E-state index contributed by atoms with van der Waals surface area (Å²) in [6.45, 7) is 2.32. The topological polar surface area (TPSA) is 29.9 Å². The first-order chi connectivity index (χ1) is 10.2. The van der Waals surface area contributed by atoms with Crippen LogP contribution in [0.1, 0.15) is 11.3 Å². The maximum absolute atomic E-state index is 13.5. The number of halogens is 1. The fourth-order valence-electron chi connectivity index (χ4n) is 2.17. The van der Waals surface area contributed by atoms with Crippen LogP contribution < -0.4 is 5.32 Å². The van der Waals surface area contributed by atoms with Gasteiger partial charge in [-0.1, -0.05) is 24.3 Å². The summed E-state index contributed by atoms with van der Waals surface area (Å²) in [5.74, 6) is -0.199. The fraction of sp³-hybridized carbons (Fsp3) is 0.118. The monoisotopic (exact) mass is 281 g/mol. The molecule has 3 rings (SSSR count). The zero-order chi connectivity index (χ0) is 14.7. The van der Waals surface area contributed by atoms with E-state index in [9.17, 15) is 4.39 Å². The van der Waals surface area contributed by atoms with Crippen LogP contribution >= 0.6 is 0 Å². The van der Waals surface area contributed by atoms with E-state index in [1.165, 1.54) is 6.07 Å². The molecule has 0 aliphatic rings. The van der Waals surface area contributed by atoms with Crippen molar-refractivity contribution in [2.75, 3.05) is 5.32 Å². The van der Waals surface area contributed by atoms with E-state index in [4.69, 9.17) is 0 Å². The van der Waals surface area contributed by atoms with Crippen LogP contribution in [0, 0.1) is 12.7 Å². The van der Waals surface area contributed by atoms with Crippen molar-refractivity contribution in [2.24, 2.45) is 0 Å². The van der Waals surface area contributed by atoms with Gasteiger partial charge < -0.3 is 5.32 Å². The third-order valence-corrected chi connectivity index (χ3v) is 3.39. The molecule has 0 saturated heterocycles. The number of benzene rings is 2. The summed E-state index contributed by atoms with van der Waals surface area (Å²) in [6.07, 6.45) is 1.92. The Kier molecular flexibility index (Phi) is 3.69. The van der Waals surface area contributed by atoms with Gasteiger partial charge in [0.05, 0.1) is 17.9 Å². The maximum Gasteiger partial charge on any atom is 0.128 e. The highest BCUT2D eigenvalue weighted by molar-refractivity contribution is 5.51. The number of nitrogens with one attached hydrogen (secondary N) is 1. The molecule has 0 spiro atoms. The normalized spacial score (nSPS) is 10.6. The Labute approximate surface area is 123 Å². The lowest BCUT2D eigenvalue weighted by Crippen LogP contribution is -2.03. The summed E-state index contributed by atoms with van der Waals surface area (Å²) >= 11 is 0. The second-order valence-electron chi connectivity index (χ2n) is 4.85. The molecular formula is C17H16FN3. The molecular weight excluding hydrogens is 265 g/mol. The van der Waals surface area contributed by atoms with Gasteiger partial charge in [-0.25, -0.2) is 9.07 Å². The molecule has 0 fully saturated rings. The Morgan fingerprint density at radius 2 is 1.86 bits per heavy atom. The van der Waals surface area contributed by atoms with Crippen LogP contribution in [-0.2, 0) is 6.54 Å². The minimum atomic E-state index is -0.199. The largest absolute Gasteiger partial charge is 0.379 e. The van der Waals surface area contributed by atoms with E-state index < -0.39 is 0 Å². The first-order valence-corrected chi connectivity index (χ1v) is 6.83. The number of hydrogen-bond acceptors (Lipinski definition) is 2. The van der Waals surface area contributed by atoms with Gasteiger partial charge in [0.2, 0.25) is 0 Å². The number of para-hydroxylation sites is 1. The highest BCUT2D eigenvalue weighted by Gasteiger charge is 2.04. The second-order valence-corrected chi connectivity index (χ2v) is 4.85. The lowest BCUT2D eigenvalue weighted by Gasteiger charge is -2.08. The van der Waals surface area contributed by atoms with Crippen LogP contribution in [0.4, 0.5) is 10.1 Å². The van der Waals surface area contributed by atoms with E-state index in [1.807, 2.05) is 53.3 Å². The zero-order valence-electron chi connectivity index (χ0n) is 11.8.